The van der Waals surface area contributed by atoms with Crippen LogP contribution in [-0.4, -0.2) is 69.8 Å². The molecular weight excluding hydrogens is 499 g/mol. The minimum atomic E-state index is -0.663. The fraction of sp³-hybridized carbons (Fsp3) is 0.360. The molecule has 37 heavy (non-hydrogen) atoms. The number of nitro benzene ring substituents is 1. The number of nitrogens with zero attached hydrogens (tertiary/aromatic N) is 6. The summed E-state index contributed by atoms with van der Waals surface area (Å²) in [5.74, 6) is 0.318. The summed E-state index contributed by atoms with van der Waals surface area (Å²) in [5.41, 5.74) is 1.25. The molecule has 0 spiro atoms. The molecule has 10 nitrogen and oxygen atoms in total. The van der Waals surface area contributed by atoms with E-state index in [0.29, 0.717) is 22.2 Å². The topological polar surface area (TPSA) is 116 Å². The van der Waals surface area contributed by atoms with Crippen molar-refractivity contribution in [2.75, 3.05) is 33.5 Å². The molecule has 194 valence electrons. The molecule has 0 radical (unpaired) electrons. The van der Waals surface area contributed by atoms with Gasteiger partial charge in [0.25, 0.3) is 5.69 Å². The molecule has 0 amide bonds. The maximum absolute atomic E-state index is 15.0. The normalized spacial score (nSPS) is 14.5. The molecule has 0 unspecified atom stereocenters. The Kier molecular flexibility index (Phi) is 8.29. The largest absolute Gasteiger partial charge is 0.469 e. The van der Waals surface area contributed by atoms with Crippen molar-refractivity contribution < 1.29 is 18.8 Å². The summed E-state index contributed by atoms with van der Waals surface area (Å²) in [6.07, 6.45) is 1.21. The molecule has 0 N–H and O–H groups in total. The molecular formula is C25H27FN6O4S. The summed E-state index contributed by atoms with van der Waals surface area (Å²) < 4.78 is 21.7. The number of hydrogen-bond acceptors (Lipinski definition) is 9. The number of rotatable bonds is 10. The van der Waals surface area contributed by atoms with E-state index in [0.717, 1.165) is 18.7 Å². The molecule has 2 heterocycles. The highest BCUT2D eigenvalue weighted by Crippen LogP contribution is 2.37. The van der Waals surface area contributed by atoms with Gasteiger partial charge in [-0.25, -0.2) is 4.39 Å². The van der Waals surface area contributed by atoms with Gasteiger partial charge in [0.1, 0.15) is 11.9 Å². The van der Waals surface area contributed by atoms with Crippen molar-refractivity contribution >= 4 is 29.1 Å². The number of hydrogen-bond donors (Lipinski definition) is 0. The Morgan fingerprint density at radius 1 is 1.22 bits per heavy atom. The maximum atomic E-state index is 15.0. The van der Waals surface area contributed by atoms with Gasteiger partial charge in [0.05, 0.1) is 23.4 Å². The second-order valence-corrected chi connectivity index (χ2v) is 9.79. The third-order valence-corrected chi connectivity index (χ3v) is 6.90. The molecule has 0 saturated heterocycles. The lowest BCUT2D eigenvalue weighted by Crippen LogP contribution is -2.13. The average Bonchev–Trinajstić information content (AvgIpc) is 3.24. The van der Waals surface area contributed by atoms with Crippen LogP contribution in [0.3, 0.4) is 0 Å². The molecule has 0 saturated carbocycles. The minimum Gasteiger partial charge on any atom is -0.469 e. The van der Waals surface area contributed by atoms with Crippen LogP contribution in [0.15, 0.2) is 52.6 Å². The van der Waals surface area contributed by atoms with Crippen LogP contribution in [0.4, 0.5) is 10.1 Å². The summed E-state index contributed by atoms with van der Waals surface area (Å²) in [5, 5.41) is 21.1. The summed E-state index contributed by atoms with van der Waals surface area (Å²) in [6.45, 7) is 0.902. The van der Waals surface area contributed by atoms with Gasteiger partial charge in [-0.1, -0.05) is 23.9 Å². The Bertz CT molecular complexity index is 1340. The highest BCUT2D eigenvalue weighted by Gasteiger charge is 2.31. The van der Waals surface area contributed by atoms with Gasteiger partial charge in [-0.15, -0.1) is 10.2 Å². The first-order chi connectivity index (χ1) is 17.8. The van der Waals surface area contributed by atoms with Crippen LogP contribution in [0.2, 0.25) is 0 Å². The molecule has 0 aliphatic carbocycles. The number of aliphatic imine (C=N–C) groups is 1. The van der Waals surface area contributed by atoms with Gasteiger partial charge in [-0.3, -0.25) is 24.5 Å². The molecule has 0 fully saturated rings. The molecule has 1 aliphatic rings. The number of methoxy groups -OCH3 is 1. The van der Waals surface area contributed by atoms with Crippen LogP contribution in [-0.2, 0) is 9.53 Å². The van der Waals surface area contributed by atoms with Gasteiger partial charge < -0.3 is 9.64 Å². The Hall–Kier alpha value is -3.64. The quantitative estimate of drug-likeness (QED) is 0.127. The Balaban J connectivity index is 1.89. The predicted octanol–water partition coefficient (Wildman–Crippen LogP) is 4.20. The zero-order valence-corrected chi connectivity index (χ0v) is 21.6. The second-order valence-electron chi connectivity index (χ2n) is 8.73. The number of benzene rings is 2. The number of thioether (sulfide) groups is 1. The van der Waals surface area contributed by atoms with E-state index in [-0.39, 0.29) is 29.8 Å². The first-order valence-electron chi connectivity index (χ1n) is 11.7. The number of esters is 1. The van der Waals surface area contributed by atoms with Crippen LogP contribution in [0.1, 0.15) is 42.3 Å². The number of halogens is 1. The highest BCUT2D eigenvalue weighted by molar-refractivity contribution is 7.99. The number of aromatic nitrogens is 3. The molecule has 1 atom stereocenters. The van der Waals surface area contributed by atoms with E-state index in [2.05, 4.69) is 15.1 Å². The van der Waals surface area contributed by atoms with Crippen molar-refractivity contribution in [2.45, 2.75) is 30.5 Å². The van der Waals surface area contributed by atoms with E-state index in [1.807, 2.05) is 18.7 Å². The smallest absolute Gasteiger partial charge is 0.305 e. The number of non-ortho nitro benzene ring substituents is 1. The van der Waals surface area contributed by atoms with Gasteiger partial charge in [0.2, 0.25) is 0 Å². The van der Waals surface area contributed by atoms with E-state index in [1.54, 1.807) is 24.3 Å². The molecule has 3 aromatic rings. The monoisotopic (exact) mass is 526 g/mol. The number of carbonyl (C=O) groups is 1. The van der Waals surface area contributed by atoms with Gasteiger partial charge in [0.15, 0.2) is 11.0 Å². The fourth-order valence-electron chi connectivity index (χ4n) is 4.08. The summed E-state index contributed by atoms with van der Waals surface area (Å²) in [7, 11) is 5.32. The molecule has 4 rings (SSSR count). The van der Waals surface area contributed by atoms with Gasteiger partial charge >= 0.3 is 5.97 Å². The number of carbonyl (C=O) groups excluding carboxylic acids is 1. The standard InChI is InChI=1S/C25H27FN6O4S/c1-30(2)13-6-14-37-25-29-28-24-20(10-12-22(33)36-3)27-23(17-7-4-5-8-19(17)26)18-15-16(32(34)35)9-11-21(18)31(24)25/h4-5,7-9,11,15,20H,6,10,12-14H2,1-3H3/t20-/m0/s1. The first-order valence-corrected chi connectivity index (χ1v) is 12.7. The third kappa shape index (κ3) is 5.86. The Morgan fingerprint density at radius 2 is 2.00 bits per heavy atom. The van der Waals surface area contributed by atoms with Crippen molar-refractivity contribution in [3.63, 3.8) is 0 Å². The van der Waals surface area contributed by atoms with E-state index < -0.39 is 22.8 Å². The summed E-state index contributed by atoms with van der Waals surface area (Å²) in [4.78, 5) is 30.1. The van der Waals surface area contributed by atoms with Gasteiger partial charge in [-0.2, -0.15) is 0 Å². The third-order valence-electron chi connectivity index (χ3n) is 5.89. The van der Waals surface area contributed by atoms with Crippen molar-refractivity contribution in [3.05, 3.63) is 75.3 Å². The lowest BCUT2D eigenvalue weighted by atomic mass is 9.99. The fourth-order valence-corrected chi connectivity index (χ4v) is 4.96. The maximum Gasteiger partial charge on any atom is 0.305 e. The van der Waals surface area contributed by atoms with Crippen molar-refractivity contribution in [1.82, 2.24) is 19.7 Å². The number of ether oxygens (including phenoxy) is 1. The van der Waals surface area contributed by atoms with Gasteiger partial charge in [-0.05, 0) is 51.7 Å². The molecule has 0 bridgehead atoms. The van der Waals surface area contributed by atoms with Crippen molar-refractivity contribution in [2.24, 2.45) is 4.99 Å². The zero-order chi connectivity index (χ0) is 26.5. The van der Waals surface area contributed by atoms with E-state index >= 15 is 4.39 Å². The SMILES string of the molecule is COC(=O)CC[C@@H]1N=C(c2ccccc2F)c2cc([N+](=O)[O-])ccc2-n2c(SCCCN(C)C)nnc21. The summed E-state index contributed by atoms with van der Waals surface area (Å²) >= 11 is 1.51. The minimum absolute atomic E-state index is 0.0594. The highest BCUT2D eigenvalue weighted by atomic mass is 32.2. The molecule has 2 aromatic carbocycles. The first kappa shape index (κ1) is 26.4. The van der Waals surface area contributed by atoms with Crippen LogP contribution in [0, 0.1) is 15.9 Å². The van der Waals surface area contributed by atoms with Crippen molar-refractivity contribution in [1.29, 1.82) is 0 Å². The summed E-state index contributed by atoms with van der Waals surface area (Å²) in [6, 6.07) is 9.89. The van der Waals surface area contributed by atoms with Crippen molar-refractivity contribution in [3.8, 4) is 5.69 Å². The lowest BCUT2D eigenvalue weighted by Gasteiger charge is -2.14. The van der Waals surface area contributed by atoms with Crippen LogP contribution in [0.5, 0.6) is 0 Å². The second kappa shape index (κ2) is 11.6. The van der Waals surface area contributed by atoms with Crippen LogP contribution < -0.4 is 0 Å². The van der Waals surface area contributed by atoms with Crippen LogP contribution in [0.25, 0.3) is 5.69 Å². The zero-order valence-electron chi connectivity index (χ0n) is 20.8. The Morgan fingerprint density at radius 3 is 2.70 bits per heavy atom. The number of nitro groups is 1. The van der Waals surface area contributed by atoms with E-state index in [1.165, 1.54) is 37.1 Å². The molecule has 12 heteroatoms. The lowest BCUT2D eigenvalue weighted by molar-refractivity contribution is -0.384. The average molecular weight is 527 g/mol. The van der Waals surface area contributed by atoms with E-state index in [4.69, 9.17) is 9.73 Å². The van der Waals surface area contributed by atoms with Crippen LogP contribution >= 0.6 is 11.8 Å². The predicted molar refractivity (Wildman–Crippen MR) is 138 cm³/mol. The van der Waals surface area contributed by atoms with Gasteiger partial charge in [0, 0.05) is 35.4 Å². The molecule has 1 aromatic heterocycles. The molecule has 1 aliphatic heterocycles. The van der Waals surface area contributed by atoms with E-state index in [9.17, 15) is 14.9 Å². The Labute approximate surface area is 217 Å². The number of fused-ring (bicyclic) bond motifs is 3.